The Kier molecular flexibility index (Phi) is 4.77. The number of carbonyl (C=O) groups is 2. The molecule has 2 N–H and O–H groups in total. The molecule has 1 atom stereocenters. The van der Waals surface area contributed by atoms with E-state index < -0.39 is 29.8 Å². The summed E-state index contributed by atoms with van der Waals surface area (Å²) in [5.41, 5.74) is -0.212. The lowest BCUT2D eigenvalue weighted by Crippen LogP contribution is -2.34. The number of halogens is 3. The molecule has 1 aromatic heterocycles. The summed E-state index contributed by atoms with van der Waals surface area (Å²) in [5, 5.41) is 11.8. The quantitative estimate of drug-likeness (QED) is 0.852. The highest BCUT2D eigenvalue weighted by molar-refractivity contribution is 5.97. The zero-order chi connectivity index (χ0) is 19.8. The predicted molar refractivity (Wildman–Crippen MR) is 87.5 cm³/mol. The number of rotatable bonds is 4. The first-order valence-electron chi connectivity index (χ1n) is 8.01. The summed E-state index contributed by atoms with van der Waals surface area (Å²) in [7, 11) is 0. The van der Waals surface area contributed by atoms with E-state index in [4.69, 9.17) is 4.74 Å². The lowest BCUT2D eigenvalue weighted by molar-refractivity contribution is -0.141. The first-order chi connectivity index (χ1) is 12.7. The highest BCUT2D eigenvalue weighted by Gasteiger charge is 2.33. The topological polar surface area (TPSA) is 88.5 Å². The average Bonchev–Trinajstić information content (AvgIpc) is 3.05. The third kappa shape index (κ3) is 3.86. The molecule has 2 aromatic rings. The number of fused-ring (bicyclic) bond motifs is 1. The average molecular weight is 380 g/mol. The highest BCUT2D eigenvalue weighted by Crippen LogP contribution is 2.30. The number of carbonyl (C=O) groups excluding carboxylic acids is 1. The molecule has 3 rings (SSSR count). The molecule has 6 nitrogen and oxygen atoms in total. The third-order valence-electron chi connectivity index (χ3n) is 4.19. The van der Waals surface area contributed by atoms with Gasteiger partial charge in [-0.25, -0.2) is 9.78 Å². The Hall–Kier alpha value is -3.10. The molecular formula is C18H15F3N2O4. The number of hydrogen-bond acceptors (Lipinski definition) is 4. The van der Waals surface area contributed by atoms with Crippen LogP contribution in [0.5, 0.6) is 5.75 Å². The molecule has 0 saturated carbocycles. The second kappa shape index (κ2) is 6.90. The number of ether oxygens (including phenoxy) is 1. The Morgan fingerprint density at radius 3 is 2.63 bits per heavy atom. The van der Waals surface area contributed by atoms with Crippen molar-refractivity contribution in [1.29, 1.82) is 0 Å². The molecule has 27 heavy (non-hydrogen) atoms. The SMILES string of the molecule is Cc1nc(C(F)(F)F)ccc1C(=O)NC(C(=O)O)c1ccc2c(c1)CCO2. The summed E-state index contributed by atoms with van der Waals surface area (Å²) in [6, 6.07) is 5.11. The second-order valence-corrected chi connectivity index (χ2v) is 6.04. The Labute approximate surface area is 152 Å². The number of benzene rings is 1. The Morgan fingerprint density at radius 1 is 1.26 bits per heavy atom. The van der Waals surface area contributed by atoms with Gasteiger partial charge < -0.3 is 15.2 Å². The van der Waals surface area contributed by atoms with Crippen molar-refractivity contribution in [3.63, 3.8) is 0 Å². The van der Waals surface area contributed by atoms with Crippen molar-refractivity contribution < 1.29 is 32.6 Å². The van der Waals surface area contributed by atoms with Gasteiger partial charge in [0.05, 0.1) is 17.9 Å². The monoisotopic (exact) mass is 380 g/mol. The largest absolute Gasteiger partial charge is 0.493 e. The minimum Gasteiger partial charge on any atom is -0.493 e. The number of alkyl halides is 3. The molecule has 1 aliphatic heterocycles. The van der Waals surface area contributed by atoms with Gasteiger partial charge in [-0.1, -0.05) is 6.07 Å². The van der Waals surface area contributed by atoms with Gasteiger partial charge in [0.1, 0.15) is 11.4 Å². The van der Waals surface area contributed by atoms with Crippen LogP contribution in [0.4, 0.5) is 13.2 Å². The van der Waals surface area contributed by atoms with Gasteiger partial charge in [-0.2, -0.15) is 13.2 Å². The van der Waals surface area contributed by atoms with E-state index in [9.17, 15) is 27.9 Å². The van der Waals surface area contributed by atoms with E-state index in [-0.39, 0.29) is 11.3 Å². The first-order valence-corrected chi connectivity index (χ1v) is 8.01. The molecule has 0 radical (unpaired) electrons. The lowest BCUT2D eigenvalue weighted by Gasteiger charge is -2.17. The Balaban J connectivity index is 1.85. The van der Waals surface area contributed by atoms with E-state index in [1.165, 1.54) is 13.0 Å². The number of aryl methyl sites for hydroxylation is 1. The third-order valence-corrected chi connectivity index (χ3v) is 4.19. The van der Waals surface area contributed by atoms with Crippen LogP contribution in [0.3, 0.4) is 0 Å². The van der Waals surface area contributed by atoms with Gasteiger partial charge in [-0.15, -0.1) is 0 Å². The molecule has 1 aliphatic rings. The minimum absolute atomic E-state index is 0.126. The van der Waals surface area contributed by atoms with Crippen molar-refractivity contribution in [2.45, 2.75) is 25.6 Å². The molecule has 1 unspecified atom stereocenters. The number of aromatic nitrogens is 1. The van der Waals surface area contributed by atoms with Gasteiger partial charge in [0.15, 0.2) is 6.04 Å². The van der Waals surface area contributed by atoms with Crippen molar-refractivity contribution >= 4 is 11.9 Å². The van der Waals surface area contributed by atoms with Gasteiger partial charge in [0.25, 0.3) is 5.91 Å². The predicted octanol–water partition coefficient (Wildman–Crippen LogP) is 2.90. The number of hydrogen-bond donors (Lipinski definition) is 2. The number of carboxylic acid groups (broad SMARTS) is 1. The maximum atomic E-state index is 12.7. The maximum Gasteiger partial charge on any atom is 0.433 e. The van der Waals surface area contributed by atoms with Gasteiger partial charge in [-0.3, -0.25) is 4.79 Å². The van der Waals surface area contributed by atoms with Crippen molar-refractivity contribution in [2.75, 3.05) is 6.61 Å². The van der Waals surface area contributed by atoms with Crippen molar-refractivity contribution in [3.8, 4) is 5.75 Å². The van der Waals surface area contributed by atoms with Crippen LogP contribution in [0.15, 0.2) is 30.3 Å². The fraction of sp³-hybridized carbons (Fsp3) is 0.278. The van der Waals surface area contributed by atoms with Crippen LogP contribution in [0.25, 0.3) is 0 Å². The summed E-state index contributed by atoms with van der Waals surface area (Å²) in [4.78, 5) is 27.4. The molecule has 0 fully saturated rings. The van der Waals surface area contributed by atoms with Gasteiger partial charge in [-0.05, 0) is 42.3 Å². The van der Waals surface area contributed by atoms with Gasteiger partial charge in [0, 0.05) is 6.42 Å². The van der Waals surface area contributed by atoms with Crippen LogP contribution < -0.4 is 10.1 Å². The summed E-state index contributed by atoms with van der Waals surface area (Å²) >= 11 is 0. The van der Waals surface area contributed by atoms with Gasteiger partial charge in [0.2, 0.25) is 0 Å². The van der Waals surface area contributed by atoms with Crippen LogP contribution in [-0.2, 0) is 17.4 Å². The van der Waals surface area contributed by atoms with E-state index in [1.54, 1.807) is 12.1 Å². The normalized spacial score (nSPS) is 14.2. The molecule has 9 heteroatoms. The van der Waals surface area contributed by atoms with E-state index in [0.717, 1.165) is 11.6 Å². The smallest absolute Gasteiger partial charge is 0.433 e. The summed E-state index contributed by atoms with van der Waals surface area (Å²) in [5.74, 6) is -1.45. The highest BCUT2D eigenvalue weighted by atomic mass is 19.4. The number of nitrogens with one attached hydrogen (secondary N) is 1. The number of aliphatic carboxylic acids is 1. The number of nitrogens with zero attached hydrogens (tertiary/aromatic N) is 1. The maximum absolute atomic E-state index is 12.7. The van der Waals surface area contributed by atoms with Crippen molar-refractivity contribution in [1.82, 2.24) is 10.3 Å². The molecule has 2 heterocycles. The first kappa shape index (κ1) is 18.7. The van der Waals surface area contributed by atoms with Crippen molar-refractivity contribution in [2.24, 2.45) is 0 Å². The summed E-state index contributed by atoms with van der Waals surface area (Å²) in [6.45, 7) is 1.76. The summed E-state index contributed by atoms with van der Waals surface area (Å²) < 4.78 is 43.5. The molecule has 0 aliphatic carbocycles. The standard InChI is InChI=1S/C18H15F3N2O4/c1-9-12(3-5-14(22-9)18(19,20)21)16(24)23-15(17(25)26)11-2-4-13-10(8-11)6-7-27-13/h2-5,8,15H,6-7H2,1H3,(H,23,24)(H,25,26). The van der Waals surface area contributed by atoms with E-state index in [0.29, 0.717) is 30.4 Å². The van der Waals surface area contributed by atoms with Crippen LogP contribution >= 0.6 is 0 Å². The number of carboxylic acids is 1. The number of amides is 1. The minimum atomic E-state index is -4.63. The zero-order valence-corrected chi connectivity index (χ0v) is 14.1. The molecule has 0 spiro atoms. The molecule has 1 amide bonds. The zero-order valence-electron chi connectivity index (χ0n) is 14.1. The van der Waals surface area contributed by atoms with E-state index >= 15 is 0 Å². The number of pyridine rings is 1. The van der Waals surface area contributed by atoms with E-state index in [1.807, 2.05) is 0 Å². The lowest BCUT2D eigenvalue weighted by atomic mass is 10.0. The summed E-state index contributed by atoms with van der Waals surface area (Å²) in [6.07, 6.45) is -4.00. The second-order valence-electron chi connectivity index (χ2n) is 6.04. The van der Waals surface area contributed by atoms with E-state index in [2.05, 4.69) is 10.3 Å². The Bertz CT molecular complexity index is 912. The van der Waals surface area contributed by atoms with Crippen LogP contribution in [-0.4, -0.2) is 28.6 Å². The van der Waals surface area contributed by atoms with Crippen molar-refractivity contribution in [3.05, 3.63) is 58.4 Å². The molecular weight excluding hydrogens is 365 g/mol. The van der Waals surface area contributed by atoms with Crippen LogP contribution in [0.2, 0.25) is 0 Å². The van der Waals surface area contributed by atoms with Crippen LogP contribution in [0, 0.1) is 6.92 Å². The molecule has 0 bridgehead atoms. The van der Waals surface area contributed by atoms with Gasteiger partial charge >= 0.3 is 12.1 Å². The Morgan fingerprint density at radius 2 is 2.00 bits per heavy atom. The fourth-order valence-electron chi connectivity index (χ4n) is 2.84. The molecule has 1 aromatic carbocycles. The molecule has 0 saturated heterocycles. The van der Waals surface area contributed by atoms with Crippen LogP contribution in [0.1, 0.15) is 38.9 Å². The molecule has 142 valence electrons. The fourth-order valence-corrected chi connectivity index (χ4v) is 2.84.